The van der Waals surface area contributed by atoms with Crippen LogP contribution in [0.2, 0.25) is 0 Å². The molecule has 5 nitrogen and oxygen atoms in total. The van der Waals surface area contributed by atoms with Gasteiger partial charge in [-0.2, -0.15) is 0 Å². The zero-order valence-electron chi connectivity index (χ0n) is 12.2. The van der Waals surface area contributed by atoms with Gasteiger partial charge in [0.25, 0.3) is 0 Å². The summed E-state index contributed by atoms with van der Waals surface area (Å²) in [4.78, 5) is 25.0. The third kappa shape index (κ3) is 4.49. The number of likely N-dealkylation sites (N-methyl/N-ethyl adjacent to an activating group) is 1. The standard InChI is InChI=1S/C14H26N2O3/c1-4-11-6-7-15-12(8-11)13(17)16(5-2)9-10(3)14(18)19/h10-12,15H,4-9H2,1-3H3,(H,18,19). The number of carbonyl (C=O) groups excluding carboxylic acids is 1. The Labute approximate surface area is 115 Å². The molecule has 1 rings (SSSR count). The lowest BCUT2D eigenvalue weighted by atomic mass is 9.90. The third-order valence-corrected chi connectivity index (χ3v) is 4.00. The Balaban J connectivity index is 2.59. The van der Waals surface area contributed by atoms with E-state index in [-0.39, 0.29) is 11.9 Å². The number of amides is 1. The average Bonchev–Trinajstić information content (AvgIpc) is 2.43. The Morgan fingerprint density at radius 1 is 1.42 bits per heavy atom. The third-order valence-electron chi connectivity index (χ3n) is 4.00. The van der Waals surface area contributed by atoms with E-state index in [0.29, 0.717) is 19.0 Å². The summed E-state index contributed by atoms with van der Waals surface area (Å²) in [5, 5.41) is 12.2. The van der Waals surface area contributed by atoms with Crippen LogP contribution in [-0.4, -0.2) is 47.6 Å². The highest BCUT2D eigenvalue weighted by atomic mass is 16.4. The molecule has 1 amide bonds. The van der Waals surface area contributed by atoms with E-state index in [4.69, 9.17) is 5.11 Å². The summed E-state index contributed by atoms with van der Waals surface area (Å²) in [6.07, 6.45) is 3.09. The molecule has 110 valence electrons. The smallest absolute Gasteiger partial charge is 0.308 e. The first-order valence-corrected chi connectivity index (χ1v) is 7.24. The van der Waals surface area contributed by atoms with Crippen molar-refractivity contribution in [1.82, 2.24) is 10.2 Å². The van der Waals surface area contributed by atoms with Crippen LogP contribution in [0.5, 0.6) is 0 Å². The predicted molar refractivity (Wildman–Crippen MR) is 73.9 cm³/mol. The largest absolute Gasteiger partial charge is 0.481 e. The number of hydrogen-bond acceptors (Lipinski definition) is 3. The highest BCUT2D eigenvalue weighted by Gasteiger charge is 2.30. The lowest BCUT2D eigenvalue weighted by Crippen LogP contribution is -2.51. The van der Waals surface area contributed by atoms with Crippen LogP contribution in [0.1, 0.15) is 40.0 Å². The number of aliphatic carboxylic acids is 1. The van der Waals surface area contributed by atoms with Gasteiger partial charge >= 0.3 is 5.97 Å². The zero-order valence-corrected chi connectivity index (χ0v) is 12.2. The molecule has 0 radical (unpaired) electrons. The minimum absolute atomic E-state index is 0.0498. The van der Waals surface area contributed by atoms with Crippen LogP contribution >= 0.6 is 0 Å². The van der Waals surface area contributed by atoms with Crippen molar-refractivity contribution in [2.75, 3.05) is 19.6 Å². The second-order valence-corrected chi connectivity index (χ2v) is 5.42. The van der Waals surface area contributed by atoms with E-state index in [9.17, 15) is 9.59 Å². The van der Waals surface area contributed by atoms with Crippen molar-refractivity contribution in [2.45, 2.75) is 46.1 Å². The molecule has 0 bridgehead atoms. The molecule has 1 heterocycles. The maximum absolute atomic E-state index is 12.4. The van der Waals surface area contributed by atoms with Gasteiger partial charge in [-0.1, -0.05) is 20.3 Å². The first kappa shape index (κ1) is 16.0. The molecular formula is C14H26N2O3. The molecule has 0 saturated carbocycles. The fraction of sp³-hybridized carbons (Fsp3) is 0.857. The van der Waals surface area contributed by atoms with Gasteiger partial charge in [-0.3, -0.25) is 9.59 Å². The number of nitrogens with one attached hydrogen (secondary N) is 1. The van der Waals surface area contributed by atoms with Gasteiger partial charge in [-0.25, -0.2) is 0 Å². The maximum Gasteiger partial charge on any atom is 0.308 e. The fourth-order valence-electron chi connectivity index (χ4n) is 2.56. The Hall–Kier alpha value is -1.10. The van der Waals surface area contributed by atoms with Crippen molar-refractivity contribution in [2.24, 2.45) is 11.8 Å². The molecule has 3 unspecified atom stereocenters. The highest BCUT2D eigenvalue weighted by Crippen LogP contribution is 2.20. The summed E-state index contributed by atoms with van der Waals surface area (Å²) >= 11 is 0. The van der Waals surface area contributed by atoms with Gasteiger partial charge in [-0.05, 0) is 32.2 Å². The summed E-state index contributed by atoms with van der Waals surface area (Å²) in [7, 11) is 0. The molecule has 2 N–H and O–H groups in total. The van der Waals surface area contributed by atoms with Crippen LogP contribution < -0.4 is 5.32 Å². The van der Waals surface area contributed by atoms with Crippen molar-refractivity contribution in [1.29, 1.82) is 0 Å². The zero-order chi connectivity index (χ0) is 14.4. The van der Waals surface area contributed by atoms with Crippen molar-refractivity contribution in [3.8, 4) is 0 Å². The monoisotopic (exact) mass is 270 g/mol. The molecule has 19 heavy (non-hydrogen) atoms. The van der Waals surface area contributed by atoms with Gasteiger partial charge in [0.2, 0.25) is 5.91 Å². The van der Waals surface area contributed by atoms with Gasteiger partial charge in [0.15, 0.2) is 0 Å². The summed E-state index contributed by atoms with van der Waals surface area (Å²) < 4.78 is 0. The molecule has 0 spiro atoms. The van der Waals surface area contributed by atoms with E-state index < -0.39 is 11.9 Å². The second-order valence-electron chi connectivity index (χ2n) is 5.42. The minimum atomic E-state index is -0.853. The first-order valence-electron chi connectivity index (χ1n) is 7.24. The molecule has 3 atom stereocenters. The number of piperidine rings is 1. The van der Waals surface area contributed by atoms with Gasteiger partial charge in [-0.15, -0.1) is 0 Å². The molecule has 0 aromatic carbocycles. The van der Waals surface area contributed by atoms with Crippen LogP contribution in [0.4, 0.5) is 0 Å². The molecule has 0 aromatic heterocycles. The quantitative estimate of drug-likeness (QED) is 0.764. The van der Waals surface area contributed by atoms with Crippen molar-refractivity contribution >= 4 is 11.9 Å². The van der Waals surface area contributed by atoms with Crippen LogP contribution in [0.15, 0.2) is 0 Å². The van der Waals surface area contributed by atoms with Crippen LogP contribution in [0, 0.1) is 11.8 Å². The van der Waals surface area contributed by atoms with Crippen molar-refractivity contribution in [3.63, 3.8) is 0 Å². The van der Waals surface area contributed by atoms with Gasteiger partial charge in [0.05, 0.1) is 12.0 Å². The van der Waals surface area contributed by atoms with Gasteiger partial charge in [0, 0.05) is 13.1 Å². The number of carboxylic acids is 1. The Morgan fingerprint density at radius 2 is 2.11 bits per heavy atom. The van der Waals surface area contributed by atoms with Crippen molar-refractivity contribution in [3.05, 3.63) is 0 Å². The summed E-state index contributed by atoms with van der Waals surface area (Å²) in [5.74, 6) is -0.719. The van der Waals surface area contributed by atoms with E-state index in [2.05, 4.69) is 12.2 Å². The Morgan fingerprint density at radius 3 is 2.63 bits per heavy atom. The number of carbonyl (C=O) groups is 2. The highest BCUT2D eigenvalue weighted by molar-refractivity contribution is 5.82. The summed E-state index contributed by atoms with van der Waals surface area (Å²) in [5.41, 5.74) is 0. The molecule has 1 fully saturated rings. The second kappa shape index (κ2) is 7.48. The van der Waals surface area contributed by atoms with Gasteiger partial charge < -0.3 is 15.3 Å². The van der Waals surface area contributed by atoms with Crippen LogP contribution in [0.3, 0.4) is 0 Å². The Kier molecular flexibility index (Phi) is 6.28. The van der Waals surface area contributed by atoms with E-state index >= 15 is 0 Å². The lowest BCUT2D eigenvalue weighted by Gasteiger charge is -2.33. The Bertz CT molecular complexity index is 320. The number of hydrogen-bond donors (Lipinski definition) is 2. The number of rotatable bonds is 6. The first-order chi connectivity index (χ1) is 8.99. The van der Waals surface area contributed by atoms with Crippen LogP contribution in [0.25, 0.3) is 0 Å². The predicted octanol–water partition coefficient (Wildman–Crippen LogP) is 1.33. The summed E-state index contributed by atoms with van der Waals surface area (Å²) in [6.45, 7) is 7.42. The molecule has 5 heteroatoms. The van der Waals surface area contributed by atoms with E-state index in [1.165, 1.54) is 0 Å². The van der Waals surface area contributed by atoms with Gasteiger partial charge in [0.1, 0.15) is 0 Å². The fourth-order valence-corrected chi connectivity index (χ4v) is 2.56. The lowest BCUT2D eigenvalue weighted by molar-refractivity contribution is -0.143. The normalized spacial score (nSPS) is 24.8. The summed E-state index contributed by atoms with van der Waals surface area (Å²) in [6, 6.07) is -0.139. The molecular weight excluding hydrogens is 244 g/mol. The molecule has 1 saturated heterocycles. The minimum Gasteiger partial charge on any atom is -0.481 e. The number of carboxylic acid groups (broad SMARTS) is 1. The SMILES string of the molecule is CCC1CCNC(C(=O)N(CC)CC(C)C(=O)O)C1. The molecule has 0 aliphatic carbocycles. The van der Waals surface area contributed by atoms with Crippen LogP contribution in [-0.2, 0) is 9.59 Å². The molecule has 0 aromatic rings. The molecule has 1 aliphatic rings. The van der Waals surface area contributed by atoms with E-state index in [1.807, 2.05) is 6.92 Å². The van der Waals surface area contributed by atoms with E-state index in [1.54, 1.807) is 11.8 Å². The maximum atomic E-state index is 12.4. The average molecular weight is 270 g/mol. The number of nitrogens with zero attached hydrogens (tertiary/aromatic N) is 1. The topological polar surface area (TPSA) is 69.6 Å². The van der Waals surface area contributed by atoms with Crippen molar-refractivity contribution < 1.29 is 14.7 Å². The van der Waals surface area contributed by atoms with E-state index in [0.717, 1.165) is 25.8 Å². The molecule has 1 aliphatic heterocycles.